The maximum atomic E-state index is 3.06. The van der Waals surface area contributed by atoms with Gasteiger partial charge in [-0.1, -0.05) is 32.6 Å². The summed E-state index contributed by atoms with van der Waals surface area (Å²) >= 11 is 0. The van der Waals surface area contributed by atoms with Crippen LogP contribution in [0.1, 0.15) is 45.4 Å². The van der Waals surface area contributed by atoms with Crippen LogP contribution in [-0.2, 0) is 6.54 Å². The van der Waals surface area contributed by atoms with E-state index in [4.69, 9.17) is 0 Å². The highest BCUT2D eigenvalue weighted by atomic mass is 14.9. The number of rotatable bonds is 8. The first kappa shape index (κ1) is 14.7. The Bertz CT molecular complexity index is 477. The highest BCUT2D eigenvalue weighted by Crippen LogP contribution is 2.15. The molecule has 0 aliphatic heterocycles. The molecular weight excluding hydrogens is 244 g/mol. The van der Waals surface area contributed by atoms with Crippen molar-refractivity contribution in [2.45, 2.75) is 52.0 Å². The number of pyridine rings is 2. The molecule has 0 aliphatic rings. The second-order valence-electron chi connectivity index (χ2n) is 5.38. The zero-order valence-corrected chi connectivity index (χ0v) is 12.5. The third-order valence-corrected chi connectivity index (χ3v) is 3.71. The van der Waals surface area contributed by atoms with Gasteiger partial charge in [0.15, 0.2) is 24.8 Å². The standard InChI is InChI=1S/C18H25N2/c1-2-3-4-5-6-7-14-20-15-10-18(11-16-20)17-8-12-19-13-9-17/h8-13,15-16H,2-7,14H2,1H3/q+1/p+1. The van der Waals surface area contributed by atoms with Crippen LogP contribution in [-0.4, -0.2) is 0 Å². The second-order valence-corrected chi connectivity index (χ2v) is 5.38. The van der Waals surface area contributed by atoms with Crippen molar-refractivity contribution in [1.82, 2.24) is 0 Å². The van der Waals surface area contributed by atoms with E-state index in [1.54, 1.807) is 0 Å². The number of unbranched alkanes of at least 4 members (excludes halogenated alkanes) is 5. The lowest BCUT2D eigenvalue weighted by Crippen LogP contribution is -2.32. The average molecular weight is 270 g/mol. The summed E-state index contributed by atoms with van der Waals surface area (Å²) in [5.74, 6) is 0. The molecule has 2 aromatic rings. The summed E-state index contributed by atoms with van der Waals surface area (Å²) in [6, 6.07) is 8.61. The minimum atomic E-state index is 1.13. The van der Waals surface area contributed by atoms with Crippen LogP contribution in [0.25, 0.3) is 11.1 Å². The number of aromatic amines is 1. The molecule has 0 spiro atoms. The lowest BCUT2D eigenvalue weighted by Gasteiger charge is -2.01. The monoisotopic (exact) mass is 270 g/mol. The van der Waals surface area contributed by atoms with Gasteiger partial charge in [-0.2, -0.15) is 0 Å². The van der Waals surface area contributed by atoms with Gasteiger partial charge in [-0.3, -0.25) is 0 Å². The van der Waals surface area contributed by atoms with Gasteiger partial charge in [0.25, 0.3) is 0 Å². The van der Waals surface area contributed by atoms with Crippen molar-refractivity contribution >= 4 is 0 Å². The van der Waals surface area contributed by atoms with Gasteiger partial charge in [0, 0.05) is 30.7 Å². The number of nitrogens with zero attached hydrogens (tertiary/aromatic N) is 1. The zero-order valence-electron chi connectivity index (χ0n) is 12.5. The van der Waals surface area contributed by atoms with Crippen molar-refractivity contribution in [2.75, 3.05) is 0 Å². The van der Waals surface area contributed by atoms with E-state index in [2.05, 4.69) is 53.1 Å². The minimum Gasteiger partial charge on any atom is -0.218 e. The first-order valence-corrected chi connectivity index (χ1v) is 7.86. The number of nitrogens with one attached hydrogen (secondary N) is 1. The van der Waals surface area contributed by atoms with E-state index in [-0.39, 0.29) is 0 Å². The quantitative estimate of drug-likeness (QED) is 0.513. The second kappa shape index (κ2) is 8.47. The molecule has 0 amide bonds. The molecule has 0 saturated heterocycles. The Labute approximate surface area is 122 Å². The van der Waals surface area contributed by atoms with E-state index in [1.807, 2.05) is 12.4 Å². The highest BCUT2D eigenvalue weighted by molar-refractivity contribution is 5.60. The Hall–Kier alpha value is -1.70. The summed E-state index contributed by atoms with van der Waals surface area (Å²) in [6.07, 6.45) is 16.4. The van der Waals surface area contributed by atoms with Gasteiger partial charge in [-0.25, -0.2) is 9.55 Å². The molecule has 0 fully saturated rings. The molecule has 20 heavy (non-hydrogen) atoms. The van der Waals surface area contributed by atoms with Crippen LogP contribution in [0.3, 0.4) is 0 Å². The number of H-pyrrole nitrogens is 1. The first-order valence-electron chi connectivity index (χ1n) is 7.86. The highest BCUT2D eigenvalue weighted by Gasteiger charge is 2.03. The molecule has 0 aromatic carbocycles. The predicted molar refractivity (Wildman–Crippen MR) is 82.0 cm³/mol. The van der Waals surface area contributed by atoms with E-state index in [0.717, 1.165) is 6.54 Å². The fourth-order valence-corrected chi connectivity index (χ4v) is 2.45. The van der Waals surface area contributed by atoms with E-state index in [1.165, 1.54) is 49.7 Å². The van der Waals surface area contributed by atoms with E-state index >= 15 is 0 Å². The Morgan fingerprint density at radius 3 is 2.10 bits per heavy atom. The summed E-state index contributed by atoms with van der Waals surface area (Å²) < 4.78 is 2.29. The predicted octanol–water partition coefficient (Wildman–Crippen LogP) is 3.82. The Kier molecular flexibility index (Phi) is 6.22. The van der Waals surface area contributed by atoms with Gasteiger partial charge >= 0.3 is 0 Å². The summed E-state index contributed by atoms with van der Waals surface area (Å²) in [5.41, 5.74) is 2.54. The van der Waals surface area contributed by atoms with Crippen LogP contribution in [0, 0.1) is 0 Å². The number of aromatic nitrogens is 2. The maximum absolute atomic E-state index is 3.06. The van der Waals surface area contributed by atoms with Gasteiger partial charge in [0.1, 0.15) is 6.54 Å². The van der Waals surface area contributed by atoms with Crippen LogP contribution < -0.4 is 9.55 Å². The Morgan fingerprint density at radius 1 is 0.800 bits per heavy atom. The van der Waals surface area contributed by atoms with Crippen molar-refractivity contribution in [2.24, 2.45) is 0 Å². The summed E-state index contributed by atoms with van der Waals surface area (Å²) in [7, 11) is 0. The fourth-order valence-electron chi connectivity index (χ4n) is 2.45. The molecule has 0 aliphatic carbocycles. The summed E-state index contributed by atoms with van der Waals surface area (Å²) in [6.45, 7) is 3.40. The van der Waals surface area contributed by atoms with Crippen LogP contribution in [0.4, 0.5) is 0 Å². The summed E-state index contributed by atoms with van der Waals surface area (Å²) in [4.78, 5) is 3.06. The molecule has 2 heteroatoms. The average Bonchev–Trinajstić information content (AvgIpc) is 2.52. The van der Waals surface area contributed by atoms with Crippen LogP contribution in [0.15, 0.2) is 49.1 Å². The minimum absolute atomic E-state index is 1.13. The molecule has 2 nitrogen and oxygen atoms in total. The number of aryl methyl sites for hydroxylation is 1. The molecule has 2 aromatic heterocycles. The largest absolute Gasteiger partial charge is 0.218 e. The number of hydrogen-bond acceptors (Lipinski definition) is 0. The van der Waals surface area contributed by atoms with E-state index in [0.29, 0.717) is 0 Å². The molecule has 106 valence electrons. The normalized spacial score (nSPS) is 10.7. The van der Waals surface area contributed by atoms with Crippen LogP contribution in [0.5, 0.6) is 0 Å². The third kappa shape index (κ3) is 4.76. The van der Waals surface area contributed by atoms with Crippen LogP contribution in [0.2, 0.25) is 0 Å². The lowest BCUT2D eigenvalue weighted by atomic mass is 10.1. The molecule has 0 saturated carbocycles. The van der Waals surface area contributed by atoms with E-state index < -0.39 is 0 Å². The third-order valence-electron chi connectivity index (χ3n) is 3.71. The van der Waals surface area contributed by atoms with Crippen molar-refractivity contribution < 1.29 is 9.55 Å². The lowest BCUT2D eigenvalue weighted by molar-refractivity contribution is -0.697. The first-order chi connectivity index (χ1) is 9.90. The van der Waals surface area contributed by atoms with E-state index in [9.17, 15) is 0 Å². The molecule has 0 unspecified atom stereocenters. The van der Waals surface area contributed by atoms with Crippen molar-refractivity contribution in [3.05, 3.63) is 49.1 Å². The zero-order chi connectivity index (χ0) is 14.0. The Balaban J connectivity index is 1.77. The van der Waals surface area contributed by atoms with Gasteiger partial charge in [0.2, 0.25) is 0 Å². The van der Waals surface area contributed by atoms with Crippen molar-refractivity contribution in [3.63, 3.8) is 0 Å². The molecule has 0 bridgehead atoms. The molecular formula is C18H26N2+2. The molecule has 1 N–H and O–H groups in total. The SMILES string of the molecule is CCCCCCCC[n+]1ccc(-c2cc[nH+]cc2)cc1. The maximum Gasteiger partial charge on any atom is 0.169 e. The van der Waals surface area contributed by atoms with Gasteiger partial charge < -0.3 is 0 Å². The Morgan fingerprint density at radius 2 is 1.40 bits per heavy atom. The van der Waals surface area contributed by atoms with Gasteiger partial charge in [-0.05, 0) is 17.5 Å². The van der Waals surface area contributed by atoms with Gasteiger partial charge in [-0.15, -0.1) is 0 Å². The molecule has 2 heterocycles. The number of hydrogen-bond donors (Lipinski definition) is 0. The van der Waals surface area contributed by atoms with Crippen molar-refractivity contribution in [3.8, 4) is 11.1 Å². The smallest absolute Gasteiger partial charge is 0.169 e. The molecule has 0 atom stereocenters. The molecule has 0 radical (unpaired) electrons. The topological polar surface area (TPSA) is 18.0 Å². The fraction of sp³-hybridized carbons (Fsp3) is 0.444. The van der Waals surface area contributed by atoms with Crippen LogP contribution >= 0.6 is 0 Å². The van der Waals surface area contributed by atoms with Crippen molar-refractivity contribution in [1.29, 1.82) is 0 Å². The summed E-state index contributed by atoms with van der Waals surface area (Å²) in [5, 5.41) is 0. The van der Waals surface area contributed by atoms with Gasteiger partial charge in [0.05, 0.1) is 0 Å². The molecule has 2 rings (SSSR count).